The van der Waals surface area contributed by atoms with Crippen molar-refractivity contribution < 1.29 is 39.9 Å². The predicted molar refractivity (Wildman–Crippen MR) is 84.1 cm³/mol. The van der Waals surface area contributed by atoms with Crippen LogP contribution in [0.25, 0.3) is 0 Å². The maximum atomic E-state index is 11.8. The number of aliphatic hydroxyl groups is 4. The Bertz CT molecular complexity index is 425. The van der Waals surface area contributed by atoms with E-state index in [0.717, 1.165) is 11.8 Å². The van der Waals surface area contributed by atoms with E-state index in [1.165, 1.54) is 0 Å². The van der Waals surface area contributed by atoms with Crippen molar-refractivity contribution in [3.8, 4) is 0 Å². The van der Waals surface area contributed by atoms with Crippen LogP contribution in [0.4, 0.5) is 0 Å². The summed E-state index contributed by atoms with van der Waals surface area (Å²) < 4.78 is 0. The number of thioether (sulfide) groups is 1. The molecule has 0 spiro atoms. The van der Waals surface area contributed by atoms with Crippen molar-refractivity contribution in [2.75, 3.05) is 31.3 Å². The summed E-state index contributed by atoms with van der Waals surface area (Å²) in [6.07, 6.45) is -0.937. The third kappa shape index (κ3) is 8.42. The summed E-state index contributed by atoms with van der Waals surface area (Å²) in [7, 11) is 0. The van der Waals surface area contributed by atoms with Gasteiger partial charge in [0.1, 0.15) is 12.1 Å². The van der Waals surface area contributed by atoms with E-state index in [-0.39, 0.29) is 11.5 Å². The first-order valence-electron chi connectivity index (χ1n) is 6.94. The summed E-state index contributed by atoms with van der Waals surface area (Å²) in [6.45, 7) is -2.06. The van der Waals surface area contributed by atoms with Crippen molar-refractivity contribution in [2.45, 2.75) is 24.2 Å². The van der Waals surface area contributed by atoms with Crippen LogP contribution in [0.3, 0.4) is 0 Å². The fraction of sp³-hybridized carbons (Fsp3) is 0.750. The van der Waals surface area contributed by atoms with Crippen LogP contribution in [0.2, 0.25) is 0 Å². The number of amides is 2. The van der Waals surface area contributed by atoms with E-state index in [2.05, 4.69) is 5.32 Å². The molecule has 0 aromatic rings. The van der Waals surface area contributed by atoms with Crippen molar-refractivity contribution >= 4 is 29.5 Å². The molecule has 0 aliphatic rings. The van der Waals surface area contributed by atoms with E-state index in [1.54, 1.807) is 0 Å². The van der Waals surface area contributed by atoms with Gasteiger partial charge in [-0.3, -0.25) is 9.59 Å². The lowest BCUT2D eigenvalue weighted by molar-refractivity contribution is -0.143. The fourth-order valence-corrected chi connectivity index (χ4v) is 2.31. The van der Waals surface area contributed by atoms with E-state index in [4.69, 9.17) is 31.3 Å². The van der Waals surface area contributed by atoms with E-state index in [1.807, 2.05) is 5.32 Å². The number of aliphatic carboxylic acids is 1. The Morgan fingerprint density at radius 3 is 1.92 bits per heavy atom. The molecule has 0 aromatic heterocycles. The Kier molecular flexibility index (Phi) is 11.3. The molecular formula is C12H23N3O8S. The highest BCUT2D eigenvalue weighted by molar-refractivity contribution is 7.99. The number of rotatable bonds is 12. The Hall–Kier alpha value is -1.44. The lowest BCUT2D eigenvalue weighted by Gasteiger charge is -2.20. The number of hydrogen-bond acceptors (Lipinski definition) is 9. The summed E-state index contributed by atoms with van der Waals surface area (Å²) in [6, 6.07) is -4.03. The number of nitrogens with one attached hydrogen (secondary N) is 2. The molecule has 0 aliphatic heterocycles. The van der Waals surface area contributed by atoms with Gasteiger partial charge in [-0.2, -0.15) is 11.8 Å². The van der Waals surface area contributed by atoms with Gasteiger partial charge in [0.15, 0.2) is 0 Å². The van der Waals surface area contributed by atoms with Gasteiger partial charge in [0.05, 0.1) is 32.0 Å². The van der Waals surface area contributed by atoms with Gasteiger partial charge >= 0.3 is 5.97 Å². The van der Waals surface area contributed by atoms with Crippen molar-refractivity contribution in [1.82, 2.24) is 10.6 Å². The molecule has 0 saturated carbocycles. The zero-order valence-electron chi connectivity index (χ0n) is 12.8. The highest BCUT2D eigenvalue weighted by Crippen LogP contribution is 2.04. The molecule has 2 amide bonds. The van der Waals surface area contributed by atoms with Gasteiger partial charge in [-0.05, 0) is 0 Å². The van der Waals surface area contributed by atoms with Crippen LogP contribution in [0.15, 0.2) is 0 Å². The normalized spacial score (nSPS) is 15.9. The minimum atomic E-state index is -1.56. The molecule has 4 unspecified atom stereocenters. The van der Waals surface area contributed by atoms with Crippen LogP contribution in [0.5, 0.6) is 0 Å². The van der Waals surface area contributed by atoms with Crippen LogP contribution >= 0.6 is 11.8 Å². The number of hydrogen-bond donors (Lipinski definition) is 8. The minimum absolute atomic E-state index is 0.0943. The first-order valence-corrected chi connectivity index (χ1v) is 8.09. The van der Waals surface area contributed by atoms with Gasteiger partial charge in [0.2, 0.25) is 11.8 Å². The molecule has 0 aromatic carbocycles. The highest BCUT2D eigenvalue weighted by atomic mass is 32.2. The summed E-state index contributed by atoms with van der Waals surface area (Å²) in [5.41, 5.74) is 5.60. The number of nitrogens with two attached hydrogens (primary N) is 1. The van der Waals surface area contributed by atoms with Crippen LogP contribution in [0.1, 0.15) is 0 Å². The number of carbonyl (C=O) groups excluding carboxylic acids is 2. The number of carbonyl (C=O) groups is 3. The first-order chi connectivity index (χ1) is 11.3. The molecule has 0 bridgehead atoms. The molecule has 140 valence electrons. The smallest absolute Gasteiger partial charge is 0.328 e. The molecule has 0 aliphatic carbocycles. The van der Waals surface area contributed by atoms with Crippen LogP contribution in [0, 0.1) is 0 Å². The maximum Gasteiger partial charge on any atom is 0.328 e. The molecule has 0 heterocycles. The van der Waals surface area contributed by atoms with E-state index in [9.17, 15) is 14.4 Å². The fourth-order valence-electron chi connectivity index (χ4n) is 1.39. The second-order valence-electron chi connectivity index (χ2n) is 4.81. The van der Waals surface area contributed by atoms with Gasteiger partial charge in [-0.1, -0.05) is 0 Å². The average Bonchev–Trinajstić information content (AvgIpc) is 2.56. The lowest BCUT2D eigenvalue weighted by Crippen LogP contribution is -2.56. The second kappa shape index (κ2) is 12.0. The Labute approximate surface area is 142 Å². The summed E-state index contributed by atoms with van der Waals surface area (Å²) >= 11 is 1.11. The standard InChI is InChI=1S/C12H23N3O8S/c13-7(5-24-4-6(19)1-16)10(20)14-8(2-17)11(21)15-9(3-18)12(22)23/h6-9,16-19H,1-5,13H2,(H,14,20)(H,15,21)(H,22,23). The minimum Gasteiger partial charge on any atom is -0.480 e. The molecule has 24 heavy (non-hydrogen) atoms. The zero-order chi connectivity index (χ0) is 18.7. The van der Waals surface area contributed by atoms with Crippen LogP contribution in [-0.2, 0) is 14.4 Å². The van der Waals surface area contributed by atoms with Gasteiger partial charge in [0, 0.05) is 11.5 Å². The molecule has 0 radical (unpaired) electrons. The van der Waals surface area contributed by atoms with Crippen LogP contribution < -0.4 is 16.4 Å². The summed E-state index contributed by atoms with van der Waals surface area (Å²) in [5, 5.41) is 48.6. The SMILES string of the molecule is NC(CSCC(O)CO)C(=O)NC(CO)C(=O)NC(CO)C(=O)O. The number of carboxylic acid groups (broad SMARTS) is 1. The van der Waals surface area contributed by atoms with Gasteiger partial charge in [0.25, 0.3) is 0 Å². The topological polar surface area (TPSA) is 202 Å². The molecule has 4 atom stereocenters. The highest BCUT2D eigenvalue weighted by Gasteiger charge is 2.27. The Morgan fingerprint density at radius 2 is 1.46 bits per heavy atom. The first kappa shape index (κ1) is 22.6. The van der Waals surface area contributed by atoms with Gasteiger partial charge in [-0.25, -0.2) is 4.79 Å². The van der Waals surface area contributed by atoms with Crippen LogP contribution in [-0.4, -0.2) is 98.9 Å². The van der Waals surface area contributed by atoms with Gasteiger partial charge < -0.3 is 41.9 Å². The van der Waals surface area contributed by atoms with Crippen molar-refractivity contribution in [3.63, 3.8) is 0 Å². The molecule has 12 heteroatoms. The summed E-state index contributed by atoms with van der Waals surface area (Å²) in [5.74, 6) is -2.95. The van der Waals surface area contributed by atoms with Gasteiger partial charge in [-0.15, -0.1) is 0 Å². The zero-order valence-corrected chi connectivity index (χ0v) is 13.6. The van der Waals surface area contributed by atoms with Crippen molar-refractivity contribution in [2.24, 2.45) is 5.73 Å². The predicted octanol–water partition coefficient (Wildman–Crippen LogP) is -4.56. The van der Waals surface area contributed by atoms with Crippen molar-refractivity contribution in [3.05, 3.63) is 0 Å². The average molecular weight is 369 g/mol. The maximum absolute atomic E-state index is 11.8. The van der Waals surface area contributed by atoms with E-state index >= 15 is 0 Å². The third-order valence-electron chi connectivity index (χ3n) is 2.77. The van der Waals surface area contributed by atoms with Crippen molar-refractivity contribution in [1.29, 1.82) is 0 Å². The largest absolute Gasteiger partial charge is 0.480 e. The molecule has 0 rings (SSSR count). The van der Waals surface area contributed by atoms with E-state index in [0.29, 0.717) is 0 Å². The molecular weight excluding hydrogens is 346 g/mol. The Morgan fingerprint density at radius 1 is 0.917 bits per heavy atom. The van der Waals surface area contributed by atoms with E-state index < -0.39 is 61.8 Å². The lowest BCUT2D eigenvalue weighted by atomic mass is 10.2. The molecule has 0 fully saturated rings. The second-order valence-corrected chi connectivity index (χ2v) is 5.88. The number of aliphatic hydroxyl groups excluding tert-OH is 4. The third-order valence-corrected chi connectivity index (χ3v) is 3.98. The molecule has 11 nitrogen and oxygen atoms in total. The monoisotopic (exact) mass is 369 g/mol. The summed E-state index contributed by atoms with van der Waals surface area (Å²) in [4.78, 5) is 34.3. The molecule has 0 saturated heterocycles. The Balaban J connectivity index is 4.45. The quantitative estimate of drug-likeness (QED) is 0.165. The molecule has 9 N–H and O–H groups in total. The number of carboxylic acids is 1.